The standard InChI is InChI=1S/C9H16N4O2/c1-6(2)7(10)3-9(14)11-4-8-12-5-15-13-8/h5-7H,3-4,10H2,1-2H3,(H,11,14). The second kappa shape index (κ2) is 5.45. The van der Waals surface area contributed by atoms with Crippen LogP contribution >= 0.6 is 0 Å². The van der Waals surface area contributed by atoms with E-state index in [0.29, 0.717) is 18.2 Å². The van der Waals surface area contributed by atoms with Crippen LogP contribution in [0.1, 0.15) is 26.1 Å². The third-order valence-corrected chi connectivity index (χ3v) is 2.13. The Morgan fingerprint density at radius 2 is 2.40 bits per heavy atom. The normalized spacial score (nSPS) is 12.8. The highest BCUT2D eigenvalue weighted by Gasteiger charge is 2.12. The second-order valence-electron chi connectivity index (χ2n) is 3.74. The van der Waals surface area contributed by atoms with Gasteiger partial charge in [-0.15, -0.1) is 0 Å². The number of amides is 1. The molecule has 6 heteroatoms. The smallest absolute Gasteiger partial charge is 0.221 e. The van der Waals surface area contributed by atoms with Gasteiger partial charge in [0.25, 0.3) is 0 Å². The lowest BCUT2D eigenvalue weighted by atomic mass is 10.0. The lowest BCUT2D eigenvalue weighted by Gasteiger charge is -2.14. The van der Waals surface area contributed by atoms with Gasteiger partial charge in [-0.05, 0) is 5.92 Å². The summed E-state index contributed by atoms with van der Waals surface area (Å²) in [6, 6.07) is -0.115. The minimum atomic E-state index is -0.115. The van der Waals surface area contributed by atoms with E-state index in [4.69, 9.17) is 5.73 Å². The predicted octanol–water partition coefficient (Wildman–Crippen LogP) is 0.0592. The average molecular weight is 212 g/mol. The molecule has 0 radical (unpaired) electrons. The van der Waals surface area contributed by atoms with Gasteiger partial charge in [-0.2, -0.15) is 4.98 Å². The fourth-order valence-electron chi connectivity index (χ4n) is 0.970. The lowest BCUT2D eigenvalue weighted by molar-refractivity contribution is -0.121. The number of aromatic nitrogens is 2. The molecule has 0 aromatic carbocycles. The fourth-order valence-corrected chi connectivity index (χ4v) is 0.970. The molecule has 0 aliphatic heterocycles. The maximum atomic E-state index is 11.4. The van der Waals surface area contributed by atoms with Gasteiger partial charge in [0.2, 0.25) is 12.3 Å². The molecule has 84 valence electrons. The molecule has 1 heterocycles. The van der Waals surface area contributed by atoms with E-state index in [1.165, 1.54) is 6.39 Å². The summed E-state index contributed by atoms with van der Waals surface area (Å²) in [5, 5.41) is 6.24. The van der Waals surface area contributed by atoms with Gasteiger partial charge < -0.3 is 15.6 Å². The average Bonchev–Trinajstić information content (AvgIpc) is 2.66. The van der Waals surface area contributed by atoms with E-state index in [0.717, 1.165) is 0 Å². The summed E-state index contributed by atoms with van der Waals surface area (Å²) in [6.45, 7) is 4.24. The molecule has 0 saturated carbocycles. The van der Waals surface area contributed by atoms with E-state index in [-0.39, 0.29) is 18.5 Å². The first-order valence-electron chi connectivity index (χ1n) is 4.87. The second-order valence-corrected chi connectivity index (χ2v) is 3.74. The van der Waals surface area contributed by atoms with Gasteiger partial charge in [0, 0.05) is 12.5 Å². The van der Waals surface area contributed by atoms with Crippen molar-refractivity contribution < 1.29 is 9.32 Å². The molecule has 3 N–H and O–H groups in total. The number of hydrogen-bond donors (Lipinski definition) is 2. The first kappa shape index (κ1) is 11.6. The summed E-state index contributed by atoms with van der Waals surface area (Å²) in [6.07, 6.45) is 1.54. The highest BCUT2D eigenvalue weighted by atomic mass is 16.5. The molecule has 1 aromatic rings. The van der Waals surface area contributed by atoms with Crippen molar-refractivity contribution in [2.24, 2.45) is 11.7 Å². The summed E-state index contributed by atoms with van der Waals surface area (Å²) in [5.41, 5.74) is 5.76. The van der Waals surface area contributed by atoms with Crippen molar-refractivity contribution >= 4 is 5.91 Å². The maximum Gasteiger partial charge on any atom is 0.221 e. The largest absolute Gasteiger partial charge is 0.349 e. The molecule has 0 spiro atoms. The van der Waals surface area contributed by atoms with E-state index >= 15 is 0 Å². The molecule has 0 aliphatic carbocycles. The number of rotatable bonds is 5. The van der Waals surface area contributed by atoms with Crippen molar-refractivity contribution in [3.8, 4) is 0 Å². The molecular weight excluding hydrogens is 196 g/mol. The molecule has 0 saturated heterocycles. The third kappa shape index (κ3) is 4.07. The van der Waals surface area contributed by atoms with E-state index in [1.807, 2.05) is 13.8 Å². The van der Waals surface area contributed by atoms with Gasteiger partial charge in [0.1, 0.15) is 0 Å². The van der Waals surface area contributed by atoms with Crippen LogP contribution in [0, 0.1) is 5.92 Å². The SMILES string of the molecule is CC(C)C(N)CC(=O)NCc1ncon1. The van der Waals surface area contributed by atoms with Crippen molar-refractivity contribution in [2.45, 2.75) is 32.9 Å². The van der Waals surface area contributed by atoms with E-state index in [9.17, 15) is 4.79 Å². The Labute approximate surface area is 88.2 Å². The van der Waals surface area contributed by atoms with Gasteiger partial charge in [0.15, 0.2) is 5.82 Å². The molecule has 15 heavy (non-hydrogen) atoms. The number of carbonyl (C=O) groups excluding carboxylic acids is 1. The number of nitrogens with zero attached hydrogens (tertiary/aromatic N) is 2. The van der Waals surface area contributed by atoms with Crippen LogP contribution in [0.2, 0.25) is 0 Å². The van der Waals surface area contributed by atoms with E-state index in [1.54, 1.807) is 0 Å². The van der Waals surface area contributed by atoms with Crippen molar-refractivity contribution in [3.05, 3.63) is 12.2 Å². The maximum absolute atomic E-state index is 11.4. The number of carbonyl (C=O) groups is 1. The molecule has 1 amide bonds. The third-order valence-electron chi connectivity index (χ3n) is 2.13. The Balaban J connectivity index is 2.25. The van der Waals surface area contributed by atoms with Crippen molar-refractivity contribution in [2.75, 3.05) is 0 Å². The van der Waals surface area contributed by atoms with E-state index < -0.39 is 0 Å². The minimum absolute atomic E-state index is 0.0963. The summed E-state index contributed by atoms with van der Waals surface area (Å²) >= 11 is 0. The molecule has 1 rings (SSSR count). The predicted molar refractivity (Wildman–Crippen MR) is 53.6 cm³/mol. The van der Waals surface area contributed by atoms with Crippen LogP contribution in [-0.2, 0) is 11.3 Å². The zero-order valence-corrected chi connectivity index (χ0v) is 8.93. The fraction of sp³-hybridized carbons (Fsp3) is 0.667. The summed E-state index contributed by atoms with van der Waals surface area (Å²) in [4.78, 5) is 15.2. The van der Waals surface area contributed by atoms with Crippen molar-refractivity contribution in [1.82, 2.24) is 15.5 Å². The van der Waals surface area contributed by atoms with Crippen LogP contribution in [0.15, 0.2) is 10.9 Å². The Morgan fingerprint density at radius 1 is 1.67 bits per heavy atom. The molecular formula is C9H16N4O2. The van der Waals surface area contributed by atoms with E-state index in [2.05, 4.69) is 20.0 Å². The van der Waals surface area contributed by atoms with Gasteiger partial charge >= 0.3 is 0 Å². The van der Waals surface area contributed by atoms with Crippen LogP contribution < -0.4 is 11.1 Å². The van der Waals surface area contributed by atoms with Crippen LogP contribution in [0.5, 0.6) is 0 Å². The monoisotopic (exact) mass is 212 g/mol. The first-order chi connectivity index (χ1) is 7.09. The molecule has 6 nitrogen and oxygen atoms in total. The zero-order valence-electron chi connectivity index (χ0n) is 8.93. The topological polar surface area (TPSA) is 94.0 Å². The highest BCUT2D eigenvalue weighted by Crippen LogP contribution is 2.02. The van der Waals surface area contributed by atoms with Crippen molar-refractivity contribution in [3.63, 3.8) is 0 Å². The van der Waals surface area contributed by atoms with Crippen molar-refractivity contribution in [1.29, 1.82) is 0 Å². The molecule has 0 fully saturated rings. The lowest BCUT2D eigenvalue weighted by Crippen LogP contribution is -2.34. The van der Waals surface area contributed by atoms with Crippen LogP contribution in [0.4, 0.5) is 0 Å². The summed E-state index contributed by atoms with van der Waals surface area (Å²) in [5.74, 6) is 0.656. The molecule has 1 atom stereocenters. The van der Waals surface area contributed by atoms with Gasteiger partial charge in [0.05, 0.1) is 6.54 Å². The Kier molecular flexibility index (Phi) is 4.23. The van der Waals surface area contributed by atoms with Gasteiger partial charge in [-0.1, -0.05) is 19.0 Å². The van der Waals surface area contributed by atoms with Crippen LogP contribution in [0.3, 0.4) is 0 Å². The number of nitrogens with one attached hydrogen (secondary N) is 1. The summed E-state index contributed by atoms with van der Waals surface area (Å²) < 4.78 is 4.53. The number of nitrogens with two attached hydrogens (primary N) is 1. The van der Waals surface area contributed by atoms with Gasteiger partial charge in [-0.3, -0.25) is 4.79 Å². The molecule has 0 aliphatic rings. The molecule has 1 unspecified atom stereocenters. The van der Waals surface area contributed by atoms with Crippen LogP contribution in [-0.4, -0.2) is 22.1 Å². The Hall–Kier alpha value is -1.43. The number of hydrogen-bond acceptors (Lipinski definition) is 5. The zero-order chi connectivity index (χ0) is 11.3. The first-order valence-corrected chi connectivity index (χ1v) is 4.87. The quantitative estimate of drug-likeness (QED) is 0.719. The summed E-state index contributed by atoms with van der Waals surface area (Å²) in [7, 11) is 0. The Bertz CT molecular complexity index is 297. The minimum Gasteiger partial charge on any atom is -0.349 e. The molecule has 1 aromatic heterocycles. The van der Waals surface area contributed by atoms with Crippen LogP contribution in [0.25, 0.3) is 0 Å². The van der Waals surface area contributed by atoms with Gasteiger partial charge in [-0.25, -0.2) is 0 Å². The highest BCUT2D eigenvalue weighted by molar-refractivity contribution is 5.76. The molecule has 0 bridgehead atoms. The Morgan fingerprint density at radius 3 is 2.93 bits per heavy atom.